The Bertz CT molecular complexity index is 1140. The van der Waals surface area contributed by atoms with Crippen molar-refractivity contribution in [3.8, 4) is 0 Å². The molecule has 0 aliphatic rings. The summed E-state index contributed by atoms with van der Waals surface area (Å²) >= 11 is 0. The smallest absolute Gasteiger partial charge is 0.211 e. The number of hydrogen-bond donors (Lipinski definition) is 1. The highest BCUT2D eigenvalue weighted by molar-refractivity contribution is 5.76. The molecule has 3 rings (SSSR count). The van der Waals surface area contributed by atoms with E-state index in [2.05, 4.69) is 37.3 Å². The van der Waals surface area contributed by atoms with Crippen molar-refractivity contribution in [2.75, 3.05) is 5.32 Å². The minimum atomic E-state index is 0.638. The van der Waals surface area contributed by atoms with Gasteiger partial charge < -0.3 is 5.32 Å². The number of aliphatic imine (C=N–C) groups is 4. The van der Waals surface area contributed by atoms with Gasteiger partial charge in [0.15, 0.2) is 0 Å². The van der Waals surface area contributed by atoms with Crippen molar-refractivity contribution in [2.45, 2.75) is 13.8 Å². The number of nitrogens with zero attached hydrogens (tertiary/aromatic N) is 4. The molecule has 0 aliphatic heterocycles. The fourth-order valence-electron chi connectivity index (χ4n) is 2.47. The van der Waals surface area contributed by atoms with Crippen LogP contribution in [0.25, 0.3) is 0 Å². The highest BCUT2D eigenvalue weighted by atomic mass is 16.1. The van der Waals surface area contributed by atoms with Crippen molar-refractivity contribution in [3.05, 3.63) is 77.9 Å². The standard InChI is InChI=1S/C23H19N5O/c1-17-8-10-20(12-22(17)27-15-24-19-6-4-3-5-7-19)25-14-26-21-11-9-18(2)23(13-21)28-16-29/h3-13,16H,1-2H3,(H,28,29). The first-order chi connectivity index (χ1) is 14.2. The Morgan fingerprint density at radius 1 is 0.724 bits per heavy atom. The fourth-order valence-corrected chi connectivity index (χ4v) is 2.47. The zero-order chi connectivity index (χ0) is 20.5. The maximum absolute atomic E-state index is 10.7. The van der Waals surface area contributed by atoms with Crippen molar-refractivity contribution in [3.63, 3.8) is 0 Å². The highest BCUT2D eigenvalue weighted by Crippen LogP contribution is 2.25. The molecule has 6 heteroatoms. The highest BCUT2D eigenvalue weighted by Gasteiger charge is 1.99. The predicted octanol–water partition coefficient (Wildman–Crippen LogP) is 6.15. The molecule has 0 fully saturated rings. The monoisotopic (exact) mass is 381 g/mol. The third kappa shape index (κ3) is 5.68. The van der Waals surface area contributed by atoms with Crippen LogP contribution in [0.3, 0.4) is 0 Å². The number of carbonyl (C=O) groups excluding carboxylic acids is 1. The van der Waals surface area contributed by atoms with Gasteiger partial charge in [-0.2, -0.15) is 20.0 Å². The van der Waals surface area contributed by atoms with Crippen LogP contribution < -0.4 is 5.32 Å². The first-order valence-corrected chi connectivity index (χ1v) is 8.95. The second-order valence-electron chi connectivity index (χ2n) is 6.21. The van der Waals surface area contributed by atoms with Gasteiger partial charge in [0, 0.05) is 5.69 Å². The Balaban J connectivity index is 1.81. The van der Waals surface area contributed by atoms with Gasteiger partial charge in [0.25, 0.3) is 0 Å². The summed E-state index contributed by atoms with van der Waals surface area (Å²) < 4.78 is 0. The van der Waals surface area contributed by atoms with Crippen LogP contribution in [0.2, 0.25) is 0 Å². The van der Waals surface area contributed by atoms with Gasteiger partial charge in [-0.15, -0.1) is 0 Å². The quantitative estimate of drug-likeness (QED) is 0.403. The van der Waals surface area contributed by atoms with Crippen LogP contribution in [0, 0.1) is 13.8 Å². The molecule has 3 aromatic carbocycles. The molecule has 1 amide bonds. The van der Waals surface area contributed by atoms with Crippen molar-refractivity contribution in [1.82, 2.24) is 0 Å². The summed E-state index contributed by atoms with van der Waals surface area (Å²) in [5, 5.41) is 2.64. The van der Waals surface area contributed by atoms with Crippen LogP contribution in [0.15, 0.2) is 86.7 Å². The van der Waals surface area contributed by atoms with Crippen LogP contribution in [-0.2, 0) is 4.79 Å². The normalized spacial score (nSPS) is 9.59. The zero-order valence-electron chi connectivity index (χ0n) is 16.1. The number of rotatable bonds is 6. The number of carbonyl (C=O) groups is 1. The van der Waals surface area contributed by atoms with Crippen LogP contribution in [0.4, 0.5) is 28.4 Å². The van der Waals surface area contributed by atoms with Crippen molar-refractivity contribution >= 4 is 46.9 Å². The van der Waals surface area contributed by atoms with Crippen molar-refractivity contribution in [2.24, 2.45) is 20.0 Å². The lowest BCUT2D eigenvalue weighted by Gasteiger charge is -2.03. The summed E-state index contributed by atoms with van der Waals surface area (Å²) in [6.07, 6.45) is 0.638. The minimum Gasteiger partial charge on any atom is -0.328 e. The molecule has 0 atom stereocenters. The number of benzene rings is 3. The second-order valence-corrected chi connectivity index (χ2v) is 6.21. The number of anilines is 1. The number of aryl methyl sites for hydroxylation is 2. The topological polar surface area (TPSA) is 78.5 Å². The summed E-state index contributed by atoms with van der Waals surface area (Å²) in [6.45, 7) is 3.86. The predicted molar refractivity (Wildman–Crippen MR) is 117 cm³/mol. The van der Waals surface area contributed by atoms with Gasteiger partial charge in [0.05, 0.1) is 22.7 Å². The van der Waals surface area contributed by atoms with E-state index in [1.165, 1.54) is 0 Å². The molecule has 29 heavy (non-hydrogen) atoms. The number of para-hydroxylation sites is 1. The van der Waals surface area contributed by atoms with E-state index in [1.807, 2.05) is 74.5 Å². The fraction of sp³-hybridized carbons (Fsp3) is 0.0870. The van der Waals surface area contributed by atoms with Gasteiger partial charge in [-0.05, 0) is 61.4 Å². The molecule has 0 aliphatic carbocycles. The molecule has 0 unspecified atom stereocenters. The first-order valence-electron chi connectivity index (χ1n) is 8.95. The Morgan fingerprint density at radius 2 is 1.34 bits per heavy atom. The van der Waals surface area contributed by atoms with Crippen LogP contribution in [0.5, 0.6) is 0 Å². The van der Waals surface area contributed by atoms with Gasteiger partial charge in [-0.1, -0.05) is 30.3 Å². The van der Waals surface area contributed by atoms with Gasteiger partial charge in [-0.25, -0.2) is 0 Å². The molecule has 142 valence electrons. The van der Waals surface area contributed by atoms with Gasteiger partial charge in [0.1, 0.15) is 12.0 Å². The molecule has 0 radical (unpaired) electrons. The minimum absolute atomic E-state index is 0.638. The molecule has 0 saturated carbocycles. The molecule has 0 saturated heterocycles. The van der Waals surface area contributed by atoms with E-state index in [0.717, 1.165) is 22.5 Å². The van der Waals surface area contributed by atoms with Crippen LogP contribution >= 0.6 is 0 Å². The summed E-state index contributed by atoms with van der Waals surface area (Å²) in [5.41, 5.74) is 5.46. The maximum atomic E-state index is 10.7. The molecule has 3 aromatic rings. The van der Waals surface area contributed by atoms with E-state index >= 15 is 0 Å². The Hall–Kier alpha value is -4.11. The van der Waals surface area contributed by atoms with E-state index in [1.54, 1.807) is 6.07 Å². The molecule has 6 nitrogen and oxygen atoms in total. The summed E-state index contributed by atoms with van der Waals surface area (Å²) in [4.78, 5) is 27.6. The largest absolute Gasteiger partial charge is 0.328 e. The van der Waals surface area contributed by atoms with Crippen LogP contribution in [0.1, 0.15) is 11.1 Å². The lowest BCUT2D eigenvalue weighted by atomic mass is 10.2. The molecule has 0 bridgehead atoms. The average molecular weight is 381 g/mol. The Labute approximate surface area is 169 Å². The van der Waals surface area contributed by atoms with E-state index in [9.17, 15) is 4.79 Å². The lowest BCUT2D eigenvalue weighted by Crippen LogP contribution is -1.95. The molecule has 0 aromatic heterocycles. The number of amides is 1. The number of nitrogens with one attached hydrogen (secondary N) is 1. The molecular formula is C23H19N5O. The number of hydrogen-bond acceptors (Lipinski definition) is 5. The molecule has 1 N–H and O–H groups in total. The Kier molecular flexibility index (Phi) is 6.58. The zero-order valence-corrected chi connectivity index (χ0v) is 16.1. The second kappa shape index (κ2) is 9.72. The lowest BCUT2D eigenvalue weighted by molar-refractivity contribution is -0.105. The third-order valence-electron chi connectivity index (χ3n) is 4.09. The summed E-state index contributed by atoms with van der Waals surface area (Å²) in [7, 11) is 0. The van der Waals surface area contributed by atoms with Crippen molar-refractivity contribution in [1.29, 1.82) is 0 Å². The van der Waals surface area contributed by atoms with Gasteiger partial charge in [0.2, 0.25) is 6.41 Å². The van der Waals surface area contributed by atoms with E-state index in [4.69, 9.17) is 0 Å². The SMILES string of the molecule is Cc1ccc(N=C=Nc2ccc(C)c(NC=O)c2)cc1N=C=Nc1ccccc1. The molecule has 0 heterocycles. The Morgan fingerprint density at radius 3 is 2.07 bits per heavy atom. The molecule has 0 spiro atoms. The van der Waals surface area contributed by atoms with E-state index in [-0.39, 0.29) is 0 Å². The molecular weight excluding hydrogens is 362 g/mol. The van der Waals surface area contributed by atoms with E-state index < -0.39 is 0 Å². The van der Waals surface area contributed by atoms with Gasteiger partial charge in [-0.3, -0.25) is 4.79 Å². The van der Waals surface area contributed by atoms with E-state index in [0.29, 0.717) is 23.5 Å². The average Bonchev–Trinajstić information content (AvgIpc) is 2.73. The summed E-state index contributed by atoms with van der Waals surface area (Å²) in [5.74, 6) is 0. The third-order valence-corrected chi connectivity index (χ3v) is 4.09. The van der Waals surface area contributed by atoms with Crippen LogP contribution in [-0.4, -0.2) is 18.4 Å². The van der Waals surface area contributed by atoms with Gasteiger partial charge >= 0.3 is 0 Å². The van der Waals surface area contributed by atoms with Crippen molar-refractivity contribution < 1.29 is 4.79 Å². The summed E-state index contributed by atoms with van der Waals surface area (Å²) in [6, 6.07) is 26.0. The maximum Gasteiger partial charge on any atom is 0.211 e. The first kappa shape index (κ1) is 19.6.